The molecule has 1 saturated carbocycles. The molecule has 1 aliphatic carbocycles. The Morgan fingerprint density at radius 3 is 2.84 bits per heavy atom. The zero-order valence-electron chi connectivity index (χ0n) is 10.8. The summed E-state index contributed by atoms with van der Waals surface area (Å²) in [5, 5.41) is 2.85. The van der Waals surface area contributed by atoms with Crippen LogP contribution < -0.4 is 10.1 Å². The van der Waals surface area contributed by atoms with Gasteiger partial charge in [0.05, 0.1) is 0 Å². The molecule has 104 valence electrons. The highest BCUT2D eigenvalue weighted by atomic mass is 19.1. The van der Waals surface area contributed by atoms with Crippen LogP contribution in [0.1, 0.15) is 26.2 Å². The number of carbonyl (C=O) groups is 1. The molecule has 1 aromatic carbocycles. The zero-order chi connectivity index (χ0) is 13.8. The number of benzene rings is 1. The smallest absolute Gasteiger partial charge is 0.258 e. The van der Waals surface area contributed by atoms with Gasteiger partial charge in [-0.1, -0.05) is 6.92 Å². The van der Waals surface area contributed by atoms with E-state index in [2.05, 4.69) is 12.2 Å². The molecule has 0 spiro atoms. The summed E-state index contributed by atoms with van der Waals surface area (Å²) in [4.78, 5) is 11.6. The molecule has 19 heavy (non-hydrogen) atoms. The maximum Gasteiger partial charge on any atom is 0.258 e. The van der Waals surface area contributed by atoms with Gasteiger partial charge in [0, 0.05) is 12.1 Å². The molecule has 0 aromatic heterocycles. The lowest BCUT2D eigenvalue weighted by Crippen LogP contribution is -2.36. The second kappa shape index (κ2) is 5.99. The van der Waals surface area contributed by atoms with E-state index in [1.807, 2.05) is 0 Å². The lowest BCUT2D eigenvalue weighted by atomic mass is 10.1. The van der Waals surface area contributed by atoms with Crippen molar-refractivity contribution in [2.75, 3.05) is 6.61 Å². The summed E-state index contributed by atoms with van der Waals surface area (Å²) in [6, 6.07) is 3.18. The summed E-state index contributed by atoms with van der Waals surface area (Å²) in [6.07, 6.45) is 3.05. The number of halogens is 2. The van der Waals surface area contributed by atoms with Gasteiger partial charge in [0.15, 0.2) is 18.2 Å². The van der Waals surface area contributed by atoms with Crippen molar-refractivity contribution in [3.63, 3.8) is 0 Å². The van der Waals surface area contributed by atoms with E-state index in [9.17, 15) is 13.6 Å². The molecule has 5 heteroatoms. The van der Waals surface area contributed by atoms with Gasteiger partial charge in [-0.05, 0) is 37.3 Å². The molecule has 1 N–H and O–H groups in total. The summed E-state index contributed by atoms with van der Waals surface area (Å²) in [5.74, 6) is -1.24. The molecule has 0 heterocycles. The van der Waals surface area contributed by atoms with E-state index in [1.54, 1.807) is 0 Å². The van der Waals surface area contributed by atoms with Crippen molar-refractivity contribution < 1.29 is 18.3 Å². The van der Waals surface area contributed by atoms with E-state index in [0.717, 1.165) is 31.4 Å². The maximum atomic E-state index is 13.3. The largest absolute Gasteiger partial charge is 0.481 e. The molecule has 0 aliphatic heterocycles. The Balaban J connectivity index is 1.80. The summed E-state index contributed by atoms with van der Waals surface area (Å²) in [5.41, 5.74) is 0. The average Bonchev–Trinajstić information content (AvgIpc) is 2.73. The fourth-order valence-corrected chi connectivity index (χ4v) is 2.34. The predicted molar refractivity (Wildman–Crippen MR) is 66.8 cm³/mol. The van der Waals surface area contributed by atoms with E-state index >= 15 is 0 Å². The van der Waals surface area contributed by atoms with Crippen molar-refractivity contribution >= 4 is 5.91 Å². The van der Waals surface area contributed by atoms with E-state index < -0.39 is 11.6 Å². The van der Waals surface area contributed by atoms with Gasteiger partial charge in [-0.2, -0.15) is 0 Å². The monoisotopic (exact) mass is 269 g/mol. The third-order valence-electron chi connectivity index (χ3n) is 3.31. The molecule has 1 amide bonds. The fraction of sp³-hybridized carbons (Fsp3) is 0.500. The van der Waals surface area contributed by atoms with Crippen LogP contribution in [0.3, 0.4) is 0 Å². The van der Waals surface area contributed by atoms with E-state index in [0.29, 0.717) is 5.92 Å². The second-order valence-electron chi connectivity index (χ2n) is 5.05. The minimum atomic E-state index is -0.803. The van der Waals surface area contributed by atoms with Gasteiger partial charge in [0.25, 0.3) is 5.91 Å². The highest BCUT2D eigenvalue weighted by Crippen LogP contribution is 2.24. The third kappa shape index (κ3) is 3.91. The van der Waals surface area contributed by atoms with Crippen LogP contribution in [0.25, 0.3) is 0 Å². The average molecular weight is 269 g/mol. The minimum Gasteiger partial charge on any atom is -0.481 e. The molecule has 0 saturated heterocycles. The molecule has 2 unspecified atom stereocenters. The molecule has 3 nitrogen and oxygen atoms in total. The van der Waals surface area contributed by atoms with Gasteiger partial charge in [-0.15, -0.1) is 0 Å². The van der Waals surface area contributed by atoms with E-state index in [1.165, 1.54) is 6.07 Å². The Kier molecular flexibility index (Phi) is 4.35. The maximum absolute atomic E-state index is 13.3. The second-order valence-corrected chi connectivity index (χ2v) is 5.05. The molecule has 1 aliphatic rings. The van der Waals surface area contributed by atoms with Crippen molar-refractivity contribution in [2.45, 2.75) is 32.2 Å². The summed E-state index contributed by atoms with van der Waals surface area (Å²) in [6.45, 7) is 1.89. The predicted octanol–water partition coefficient (Wildman–Crippen LogP) is 2.65. The molecule has 1 aromatic rings. The number of rotatable bonds is 4. The summed E-state index contributed by atoms with van der Waals surface area (Å²) in [7, 11) is 0. The quantitative estimate of drug-likeness (QED) is 0.912. The lowest BCUT2D eigenvalue weighted by molar-refractivity contribution is -0.123. The van der Waals surface area contributed by atoms with Gasteiger partial charge in [0.1, 0.15) is 5.82 Å². The lowest BCUT2D eigenvalue weighted by Gasteiger charge is -2.13. The molecule has 0 radical (unpaired) electrons. The molecule has 2 rings (SSSR count). The number of amides is 1. The van der Waals surface area contributed by atoms with Crippen LogP contribution in [0.4, 0.5) is 8.78 Å². The Bertz CT molecular complexity index is 465. The van der Waals surface area contributed by atoms with E-state index in [4.69, 9.17) is 4.74 Å². The highest BCUT2D eigenvalue weighted by molar-refractivity contribution is 5.77. The molecule has 0 bridgehead atoms. The Hall–Kier alpha value is -1.65. The van der Waals surface area contributed by atoms with Crippen LogP contribution in [0, 0.1) is 17.6 Å². The van der Waals surface area contributed by atoms with Crippen LogP contribution in [0.2, 0.25) is 0 Å². The molecular weight excluding hydrogens is 252 g/mol. The van der Waals surface area contributed by atoms with Gasteiger partial charge in [-0.3, -0.25) is 4.79 Å². The number of hydrogen-bond acceptors (Lipinski definition) is 2. The Morgan fingerprint density at radius 2 is 2.21 bits per heavy atom. The standard InChI is InChI=1S/C14H17F2NO2/c1-9-2-4-11(6-9)17-14(18)8-19-13-5-3-10(15)7-12(13)16/h3,5,7,9,11H,2,4,6,8H2,1H3,(H,17,18). The summed E-state index contributed by atoms with van der Waals surface area (Å²) < 4.78 is 31.0. The van der Waals surface area contributed by atoms with Crippen molar-refractivity contribution in [3.8, 4) is 5.75 Å². The normalized spacial score (nSPS) is 22.3. The van der Waals surface area contributed by atoms with Gasteiger partial charge < -0.3 is 10.1 Å². The molecular formula is C14H17F2NO2. The van der Waals surface area contributed by atoms with Crippen LogP contribution in [0.15, 0.2) is 18.2 Å². The first-order chi connectivity index (χ1) is 9.04. The number of hydrogen-bond donors (Lipinski definition) is 1. The number of ether oxygens (including phenoxy) is 1. The van der Waals surface area contributed by atoms with Gasteiger partial charge >= 0.3 is 0 Å². The first-order valence-electron chi connectivity index (χ1n) is 6.42. The van der Waals surface area contributed by atoms with Crippen molar-refractivity contribution in [2.24, 2.45) is 5.92 Å². The minimum absolute atomic E-state index is 0.115. The number of nitrogens with one attached hydrogen (secondary N) is 1. The highest BCUT2D eigenvalue weighted by Gasteiger charge is 2.22. The van der Waals surface area contributed by atoms with Crippen LogP contribution in [-0.4, -0.2) is 18.6 Å². The van der Waals surface area contributed by atoms with Crippen molar-refractivity contribution in [1.29, 1.82) is 0 Å². The zero-order valence-corrected chi connectivity index (χ0v) is 10.8. The summed E-state index contributed by atoms with van der Waals surface area (Å²) >= 11 is 0. The Labute approximate surface area is 111 Å². The van der Waals surface area contributed by atoms with Gasteiger partial charge in [-0.25, -0.2) is 8.78 Å². The van der Waals surface area contributed by atoms with Gasteiger partial charge in [0.2, 0.25) is 0 Å². The van der Waals surface area contributed by atoms with Crippen molar-refractivity contribution in [3.05, 3.63) is 29.8 Å². The first-order valence-corrected chi connectivity index (χ1v) is 6.42. The van der Waals surface area contributed by atoms with E-state index in [-0.39, 0.29) is 24.3 Å². The molecule has 1 fully saturated rings. The first kappa shape index (κ1) is 13.8. The number of carbonyl (C=O) groups excluding carboxylic acids is 1. The third-order valence-corrected chi connectivity index (χ3v) is 3.31. The van der Waals surface area contributed by atoms with Crippen molar-refractivity contribution in [1.82, 2.24) is 5.32 Å². The van der Waals surface area contributed by atoms with Crippen LogP contribution in [-0.2, 0) is 4.79 Å². The Morgan fingerprint density at radius 1 is 1.42 bits per heavy atom. The topological polar surface area (TPSA) is 38.3 Å². The SMILES string of the molecule is CC1CCC(NC(=O)COc2ccc(F)cc2F)C1. The van der Waals surface area contributed by atoms with Crippen LogP contribution >= 0.6 is 0 Å². The fourth-order valence-electron chi connectivity index (χ4n) is 2.34. The molecule has 2 atom stereocenters. The van der Waals surface area contributed by atoms with Crippen LogP contribution in [0.5, 0.6) is 5.75 Å².